The van der Waals surface area contributed by atoms with Gasteiger partial charge < -0.3 is 5.32 Å². The minimum Gasteiger partial charge on any atom is -0.300 e. The van der Waals surface area contributed by atoms with Crippen LogP contribution in [0.4, 0.5) is 5.13 Å². The van der Waals surface area contributed by atoms with E-state index in [4.69, 9.17) is 11.6 Å². The fourth-order valence-electron chi connectivity index (χ4n) is 3.01. The van der Waals surface area contributed by atoms with Gasteiger partial charge in [-0.25, -0.2) is 12.7 Å². The van der Waals surface area contributed by atoms with Crippen molar-refractivity contribution in [2.45, 2.75) is 42.0 Å². The van der Waals surface area contributed by atoms with Crippen LogP contribution < -0.4 is 5.32 Å². The number of thioether (sulfide) groups is 1. The number of carbonyl (C=O) groups excluding carboxylic acids is 1. The third-order valence-corrected chi connectivity index (χ3v) is 8.38. The van der Waals surface area contributed by atoms with Gasteiger partial charge in [-0.15, -0.1) is 10.2 Å². The van der Waals surface area contributed by atoms with Gasteiger partial charge in [0.15, 0.2) is 4.34 Å². The van der Waals surface area contributed by atoms with E-state index in [9.17, 15) is 13.2 Å². The molecule has 0 unspecified atom stereocenters. The maximum absolute atomic E-state index is 12.8. The lowest BCUT2D eigenvalue weighted by atomic mass is 9.99. The number of piperidine rings is 1. The Morgan fingerprint density at radius 1 is 1.34 bits per heavy atom. The summed E-state index contributed by atoms with van der Waals surface area (Å²) in [5.41, 5.74) is 0.671. The summed E-state index contributed by atoms with van der Waals surface area (Å²) in [4.78, 5) is 12.7. The molecule has 1 aliphatic rings. The molecule has 0 saturated carbocycles. The highest BCUT2D eigenvalue weighted by Crippen LogP contribution is 2.29. The molecule has 7 nitrogen and oxygen atoms in total. The third kappa shape index (κ3) is 6.39. The summed E-state index contributed by atoms with van der Waals surface area (Å²) in [7, 11) is -3.52. The van der Waals surface area contributed by atoms with E-state index in [1.165, 1.54) is 15.6 Å². The van der Waals surface area contributed by atoms with Crippen LogP contribution in [-0.2, 0) is 20.6 Å². The molecule has 1 amide bonds. The van der Waals surface area contributed by atoms with Gasteiger partial charge in [0.2, 0.25) is 21.1 Å². The van der Waals surface area contributed by atoms with Crippen molar-refractivity contribution in [2.24, 2.45) is 5.92 Å². The number of benzene rings is 1. The van der Waals surface area contributed by atoms with Crippen LogP contribution in [0.3, 0.4) is 0 Å². The van der Waals surface area contributed by atoms with E-state index in [0.717, 1.165) is 4.34 Å². The quantitative estimate of drug-likeness (QED) is 0.483. The summed E-state index contributed by atoms with van der Waals surface area (Å²) >= 11 is 8.78. The Morgan fingerprint density at radius 3 is 2.76 bits per heavy atom. The molecule has 11 heteroatoms. The highest BCUT2D eigenvalue weighted by molar-refractivity contribution is 8.01. The molecule has 1 N–H and O–H groups in total. The third-order valence-electron chi connectivity index (χ3n) is 4.38. The van der Waals surface area contributed by atoms with E-state index in [1.807, 2.05) is 0 Å². The monoisotopic (exact) mass is 474 g/mol. The minimum absolute atomic E-state index is 0.106. The molecule has 1 aromatic heterocycles. The first-order valence-electron chi connectivity index (χ1n) is 9.26. The highest BCUT2D eigenvalue weighted by Gasteiger charge is 2.32. The molecule has 1 fully saturated rings. The van der Waals surface area contributed by atoms with Gasteiger partial charge in [0.25, 0.3) is 0 Å². The van der Waals surface area contributed by atoms with Crippen LogP contribution in [0.1, 0.15) is 32.3 Å². The van der Waals surface area contributed by atoms with Gasteiger partial charge in [0.1, 0.15) is 0 Å². The predicted octanol–water partition coefficient (Wildman–Crippen LogP) is 3.87. The normalized spacial score (nSPS) is 18.1. The van der Waals surface area contributed by atoms with Crippen molar-refractivity contribution < 1.29 is 13.2 Å². The number of aromatic nitrogens is 2. The van der Waals surface area contributed by atoms with Crippen molar-refractivity contribution in [2.75, 3.05) is 18.4 Å². The van der Waals surface area contributed by atoms with Gasteiger partial charge in [-0.2, -0.15) is 0 Å². The SMILES string of the molecule is CC(C)Sc1nnc(NC(=O)[C@H]2CCCN(S(=O)(=O)Cc3ccc(Cl)cc3)C2)s1. The van der Waals surface area contributed by atoms with Crippen LogP contribution in [0.15, 0.2) is 28.6 Å². The fraction of sp³-hybridized carbons (Fsp3) is 0.500. The van der Waals surface area contributed by atoms with Gasteiger partial charge in [0.05, 0.1) is 11.7 Å². The lowest BCUT2D eigenvalue weighted by Crippen LogP contribution is -2.44. The Hall–Kier alpha value is -1.20. The van der Waals surface area contributed by atoms with Gasteiger partial charge in [-0.05, 0) is 30.5 Å². The number of hydrogen-bond acceptors (Lipinski definition) is 7. The average Bonchev–Trinajstić information content (AvgIpc) is 3.09. The van der Waals surface area contributed by atoms with Gasteiger partial charge >= 0.3 is 0 Å². The lowest BCUT2D eigenvalue weighted by Gasteiger charge is -2.31. The zero-order chi connectivity index (χ0) is 21.0. The van der Waals surface area contributed by atoms with Crippen molar-refractivity contribution in [3.8, 4) is 0 Å². The van der Waals surface area contributed by atoms with Crippen molar-refractivity contribution in [3.05, 3.63) is 34.9 Å². The second kappa shape index (κ2) is 9.74. The number of halogens is 1. The maximum atomic E-state index is 12.8. The largest absolute Gasteiger partial charge is 0.300 e. The number of hydrogen-bond donors (Lipinski definition) is 1. The lowest BCUT2D eigenvalue weighted by molar-refractivity contribution is -0.120. The van der Waals surface area contributed by atoms with E-state index < -0.39 is 15.9 Å². The molecular formula is C18H23ClN4O3S3. The van der Waals surface area contributed by atoms with Gasteiger partial charge in [-0.3, -0.25) is 4.79 Å². The highest BCUT2D eigenvalue weighted by atomic mass is 35.5. The number of rotatable bonds is 7. The molecule has 0 bridgehead atoms. The van der Waals surface area contributed by atoms with Crippen LogP contribution in [-0.4, -0.2) is 47.2 Å². The Labute approximate surface area is 184 Å². The van der Waals surface area contributed by atoms with Crippen LogP contribution >= 0.6 is 34.7 Å². The van der Waals surface area contributed by atoms with Gasteiger partial charge in [-0.1, -0.05) is 60.7 Å². The van der Waals surface area contributed by atoms with Crippen LogP contribution in [0.5, 0.6) is 0 Å². The summed E-state index contributed by atoms with van der Waals surface area (Å²) in [6.07, 6.45) is 1.29. The Kier molecular flexibility index (Phi) is 7.55. The second-order valence-corrected chi connectivity index (χ2v) is 12.3. The van der Waals surface area contributed by atoms with E-state index >= 15 is 0 Å². The number of amides is 1. The number of nitrogens with one attached hydrogen (secondary N) is 1. The van der Waals surface area contributed by atoms with E-state index in [1.54, 1.807) is 36.0 Å². The molecule has 0 aliphatic carbocycles. The van der Waals surface area contributed by atoms with E-state index in [-0.39, 0.29) is 18.2 Å². The zero-order valence-electron chi connectivity index (χ0n) is 16.2. The zero-order valence-corrected chi connectivity index (χ0v) is 19.4. The average molecular weight is 475 g/mol. The topological polar surface area (TPSA) is 92.3 Å². The Balaban J connectivity index is 1.61. The molecule has 1 saturated heterocycles. The fourth-order valence-corrected chi connectivity index (χ4v) is 6.72. The Morgan fingerprint density at radius 2 is 2.07 bits per heavy atom. The number of anilines is 1. The molecule has 0 radical (unpaired) electrons. The molecule has 3 rings (SSSR count). The summed E-state index contributed by atoms with van der Waals surface area (Å²) in [5.74, 6) is -0.729. The number of sulfonamides is 1. The molecule has 0 spiro atoms. The summed E-state index contributed by atoms with van der Waals surface area (Å²) in [6, 6.07) is 6.76. The van der Waals surface area contributed by atoms with Crippen molar-refractivity contribution >= 4 is 55.8 Å². The predicted molar refractivity (Wildman–Crippen MR) is 118 cm³/mol. The molecule has 2 heterocycles. The summed E-state index contributed by atoms with van der Waals surface area (Å²) in [5, 5.41) is 12.2. The molecule has 1 aromatic carbocycles. The minimum atomic E-state index is -3.52. The smallest absolute Gasteiger partial charge is 0.230 e. The Bertz CT molecular complexity index is 948. The molecule has 1 aliphatic heterocycles. The molecule has 158 valence electrons. The van der Waals surface area contributed by atoms with Crippen molar-refractivity contribution in [1.82, 2.24) is 14.5 Å². The van der Waals surface area contributed by atoms with E-state index in [0.29, 0.717) is 40.4 Å². The standard InChI is InChI=1S/C18H23ClN4O3S3/c1-12(2)27-18-22-21-17(28-18)20-16(24)14-4-3-9-23(10-14)29(25,26)11-13-5-7-15(19)8-6-13/h5-8,12,14H,3-4,9-11H2,1-2H3,(H,20,21,24)/t14-/m0/s1. The molecular weight excluding hydrogens is 452 g/mol. The maximum Gasteiger partial charge on any atom is 0.230 e. The van der Waals surface area contributed by atoms with Crippen LogP contribution in [0.2, 0.25) is 5.02 Å². The summed E-state index contributed by atoms with van der Waals surface area (Å²) in [6.45, 7) is 4.72. The molecule has 2 aromatic rings. The van der Waals surface area contributed by atoms with E-state index in [2.05, 4.69) is 29.4 Å². The van der Waals surface area contributed by atoms with Crippen LogP contribution in [0.25, 0.3) is 0 Å². The van der Waals surface area contributed by atoms with Gasteiger partial charge in [0, 0.05) is 23.4 Å². The molecule has 1 atom stereocenters. The first kappa shape index (κ1) is 22.5. The molecule has 29 heavy (non-hydrogen) atoms. The van der Waals surface area contributed by atoms with Crippen LogP contribution in [0, 0.1) is 5.92 Å². The first-order valence-corrected chi connectivity index (χ1v) is 12.9. The second-order valence-electron chi connectivity index (χ2n) is 7.11. The number of nitrogens with zero attached hydrogens (tertiary/aromatic N) is 3. The summed E-state index contributed by atoms with van der Waals surface area (Å²) < 4.78 is 27.8. The van der Waals surface area contributed by atoms with Crippen molar-refractivity contribution in [3.63, 3.8) is 0 Å². The van der Waals surface area contributed by atoms with Crippen molar-refractivity contribution in [1.29, 1.82) is 0 Å². The number of carbonyl (C=O) groups is 1. The first-order chi connectivity index (χ1) is 13.7.